The van der Waals surface area contributed by atoms with Crippen LogP contribution in [0.25, 0.3) is 0 Å². The van der Waals surface area contributed by atoms with Gasteiger partial charge in [0.05, 0.1) is 17.4 Å². The molecule has 3 aromatic rings. The summed E-state index contributed by atoms with van der Waals surface area (Å²) in [5, 5.41) is 11.5. The largest absolute Gasteiger partial charge is 0.408 e. The third kappa shape index (κ3) is 6.69. The SMILES string of the molecule is CCN(Cc1ccccc1)c1ccc(N=Nc2scc(C)[n+]2CCCS(=O)(=O)O)c(C)c1. The predicted molar refractivity (Wildman–Crippen MR) is 129 cm³/mol. The van der Waals surface area contributed by atoms with Gasteiger partial charge in [0.25, 0.3) is 10.1 Å². The fraction of sp³-hybridized carbons (Fsp3) is 0.348. The number of aryl methyl sites for hydroxylation is 2. The van der Waals surface area contributed by atoms with Gasteiger partial charge in [-0.1, -0.05) is 30.3 Å². The van der Waals surface area contributed by atoms with Gasteiger partial charge in [-0.05, 0) is 66.5 Å². The first-order valence-electron chi connectivity index (χ1n) is 10.5. The van der Waals surface area contributed by atoms with E-state index in [1.165, 1.54) is 16.9 Å². The van der Waals surface area contributed by atoms with Crippen LogP contribution in [0.5, 0.6) is 0 Å². The Morgan fingerprint density at radius 2 is 1.84 bits per heavy atom. The second-order valence-corrected chi connectivity index (χ2v) is 10.0. The summed E-state index contributed by atoms with van der Waals surface area (Å²) in [5.74, 6) is -0.274. The van der Waals surface area contributed by atoms with Crippen LogP contribution in [0, 0.1) is 13.8 Å². The Morgan fingerprint density at radius 1 is 1.09 bits per heavy atom. The molecule has 7 nitrogen and oxygen atoms in total. The number of aromatic nitrogens is 1. The lowest BCUT2D eigenvalue weighted by atomic mass is 10.1. The summed E-state index contributed by atoms with van der Waals surface area (Å²) >= 11 is 1.45. The van der Waals surface area contributed by atoms with Crippen LogP contribution in [0.3, 0.4) is 0 Å². The molecule has 0 bridgehead atoms. The number of hydrogen-bond acceptors (Lipinski definition) is 6. The van der Waals surface area contributed by atoms with Gasteiger partial charge in [0.1, 0.15) is 11.4 Å². The summed E-state index contributed by atoms with van der Waals surface area (Å²) in [6.07, 6.45) is 0.311. The van der Waals surface area contributed by atoms with E-state index in [0.29, 0.717) is 18.1 Å². The number of anilines is 1. The van der Waals surface area contributed by atoms with Gasteiger partial charge in [0.15, 0.2) is 0 Å². The van der Waals surface area contributed by atoms with Crippen molar-refractivity contribution in [3.05, 3.63) is 70.7 Å². The Bertz CT molecular complexity index is 1180. The Hall–Kier alpha value is -2.62. The third-order valence-electron chi connectivity index (χ3n) is 5.16. The number of benzene rings is 2. The Morgan fingerprint density at radius 3 is 2.50 bits per heavy atom. The lowest BCUT2D eigenvalue weighted by Crippen LogP contribution is -2.35. The van der Waals surface area contributed by atoms with Crippen molar-refractivity contribution in [3.63, 3.8) is 0 Å². The van der Waals surface area contributed by atoms with Gasteiger partial charge in [-0.25, -0.2) is 4.57 Å². The molecule has 0 saturated carbocycles. The van der Waals surface area contributed by atoms with Crippen LogP contribution < -0.4 is 9.47 Å². The minimum absolute atomic E-state index is 0.274. The molecule has 1 N–H and O–H groups in total. The maximum atomic E-state index is 11.0. The van der Waals surface area contributed by atoms with Crippen molar-refractivity contribution in [1.82, 2.24) is 0 Å². The van der Waals surface area contributed by atoms with Gasteiger partial charge in [-0.2, -0.15) is 8.42 Å². The summed E-state index contributed by atoms with van der Waals surface area (Å²) in [5.41, 5.74) is 5.21. The molecule has 3 rings (SSSR count). The molecule has 0 radical (unpaired) electrons. The number of azo groups is 1. The van der Waals surface area contributed by atoms with Gasteiger partial charge < -0.3 is 4.90 Å². The maximum absolute atomic E-state index is 11.0. The van der Waals surface area contributed by atoms with Gasteiger partial charge in [-0.15, -0.1) is 0 Å². The van der Waals surface area contributed by atoms with E-state index >= 15 is 0 Å². The van der Waals surface area contributed by atoms with Crippen molar-refractivity contribution in [2.75, 3.05) is 17.2 Å². The third-order valence-corrected chi connectivity index (χ3v) is 6.94. The van der Waals surface area contributed by atoms with E-state index in [0.717, 1.165) is 35.7 Å². The highest BCUT2D eigenvalue weighted by Gasteiger charge is 2.17. The number of thiazole rings is 1. The molecule has 32 heavy (non-hydrogen) atoms. The molecule has 0 aliphatic carbocycles. The van der Waals surface area contributed by atoms with E-state index in [1.54, 1.807) is 0 Å². The number of rotatable bonds is 10. The zero-order valence-electron chi connectivity index (χ0n) is 18.6. The summed E-state index contributed by atoms with van der Waals surface area (Å²) in [4.78, 5) is 2.31. The van der Waals surface area contributed by atoms with Gasteiger partial charge in [0.2, 0.25) is 0 Å². The first kappa shape index (κ1) is 24.0. The minimum atomic E-state index is -3.97. The van der Waals surface area contributed by atoms with E-state index in [2.05, 4.69) is 58.5 Å². The van der Waals surface area contributed by atoms with Crippen molar-refractivity contribution in [2.24, 2.45) is 10.2 Å². The predicted octanol–water partition coefficient (Wildman–Crippen LogP) is 5.37. The van der Waals surface area contributed by atoms with Crippen LogP contribution in [0.1, 0.15) is 30.2 Å². The Balaban J connectivity index is 1.73. The van der Waals surface area contributed by atoms with Crippen LogP contribution in [-0.2, 0) is 23.2 Å². The molecule has 0 aliphatic heterocycles. The van der Waals surface area contributed by atoms with Crippen molar-refractivity contribution < 1.29 is 17.5 Å². The van der Waals surface area contributed by atoms with Gasteiger partial charge in [0, 0.05) is 30.6 Å². The average Bonchev–Trinajstić information content (AvgIpc) is 3.10. The van der Waals surface area contributed by atoms with Crippen LogP contribution in [0.2, 0.25) is 0 Å². The first-order chi connectivity index (χ1) is 15.3. The zero-order chi connectivity index (χ0) is 23.1. The lowest BCUT2D eigenvalue weighted by molar-refractivity contribution is -0.686. The molecular weight excluding hydrogens is 444 g/mol. The van der Waals surface area contributed by atoms with Gasteiger partial charge in [-0.3, -0.25) is 4.55 Å². The Labute approximate surface area is 193 Å². The normalized spacial score (nSPS) is 11.9. The maximum Gasteiger partial charge on any atom is 0.408 e. The van der Waals surface area contributed by atoms with Crippen molar-refractivity contribution in [1.29, 1.82) is 0 Å². The van der Waals surface area contributed by atoms with Crippen molar-refractivity contribution >= 4 is 38.0 Å². The molecule has 9 heteroatoms. The van der Waals surface area contributed by atoms with Crippen LogP contribution in [0.15, 0.2) is 64.1 Å². The molecule has 0 amide bonds. The fourth-order valence-corrected chi connectivity index (χ4v) is 4.75. The average molecular weight is 474 g/mol. The number of nitrogens with zero attached hydrogens (tertiary/aromatic N) is 4. The van der Waals surface area contributed by atoms with Crippen molar-refractivity contribution in [2.45, 2.75) is 40.3 Å². The highest BCUT2D eigenvalue weighted by atomic mass is 32.2. The summed E-state index contributed by atoms with van der Waals surface area (Å²) in [6.45, 7) is 8.30. The second kappa shape index (κ2) is 10.8. The molecule has 0 aliphatic rings. The van der Waals surface area contributed by atoms with Crippen LogP contribution >= 0.6 is 11.3 Å². The monoisotopic (exact) mass is 473 g/mol. The lowest BCUT2D eigenvalue weighted by Gasteiger charge is -2.23. The Kier molecular flexibility index (Phi) is 8.11. The minimum Gasteiger partial charge on any atom is -0.367 e. The molecule has 1 heterocycles. The number of hydrogen-bond donors (Lipinski definition) is 1. The van der Waals surface area contributed by atoms with E-state index in [-0.39, 0.29) is 5.75 Å². The standard InChI is InChI=1S/C23H28N4O3S2/c1-4-26(16-20-9-6-5-7-10-20)21-11-12-22(18(2)15-21)24-25-23-27(19(3)17-31-23)13-8-14-32(28,29)30/h5-7,9-12,15,17H,4,8,13-14,16H2,1-3H3/p+1. The highest BCUT2D eigenvalue weighted by Crippen LogP contribution is 2.28. The molecule has 2 aromatic carbocycles. The van der Waals surface area contributed by atoms with Crippen molar-refractivity contribution in [3.8, 4) is 0 Å². The molecule has 0 unspecified atom stereocenters. The zero-order valence-corrected chi connectivity index (χ0v) is 20.2. The summed E-state index contributed by atoms with van der Waals surface area (Å²) < 4.78 is 32.8. The van der Waals surface area contributed by atoms with E-state index in [4.69, 9.17) is 4.55 Å². The molecule has 1 aromatic heterocycles. The molecular formula is C23H29N4O3S2+. The molecule has 170 valence electrons. The molecule has 0 saturated heterocycles. The molecule has 0 atom stereocenters. The van der Waals surface area contributed by atoms with E-state index in [9.17, 15) is 8.42 Å². The van der Waals surface area contributed by atoms with Crippen LogP contribution in [-0.4, -0.2) is 25.3 Å². The smallest absolute Gasteiger partial charge is 0.367 e. The second-order valence-electron chi connectivity index (χ2n) is 7.62. The van der Waals surface area contributed by atoms with E-state index < -0.39 is 10.1 Å². The van der Waals surface area contributed by atoms with E-state index in [1.807, 2.05) is 35.9 Å². The molecule has 0 spiro atoms. The summed E-state index contributed by atoms with van der Waals surface area (Å²) in [7, 11) is -3.97. The summed E-state index contributed by atoms with van der Waals surface area (Å²) in [6, 6.07) is 16.6. The first-order valence-corrected chi connectivity index (χ1v) is 13.0. The molecule has 0 fully saturated rings. The quantitative estimate of drug-likeness (QED) is 0.244. The fourth-order valence-electron chi connectivity index (χ4n) is 3.41. The van der Waals surface area contributed by atoms with Crippen LogP contribution in [0.4, 0.5) is 16.5 Å². The topological polar surface area (TPSA) is 86.2 Å². The van der Waals surface area contributed by atoms with Gasteiger partial charge >= 0.3 is 5.13 Å². The highest BCUT2D eigenvalue weighted by molar-refractivity contribution is 7.85.